The monoisotopic (exact) mass is 1770 g/mol. The molecule has 3 aliphatic rings. The minimum absolute atomic E-state index is 0. The molecule has 18 aromatic carbocycles. The van der Waals surface area contributed by atoms with Crippen molar-refractivity contribution in [2.75, 3.05) is 23.0 Å². The Morgan fingerprint density at radius 1 is 0.311 bits per heavy atom. The number of benzene rings is 18. The highest BCUT2D eigenvalue weighted by molar-refractivity contribution is 9.10. The van der Waals surface area contributed by atoms with Crippen LogP contribution in [0.5, 0.6) is 5.75 Å². The van der Waals surface area contributed by atoms with Crippen LogP contribution in [0.1, 0.15) is 81.3 Å². The van der Waals surface area contributed by atoms with Crippen molar-refractivity contribution in [3.8, 4) is 95.0 Å². The summed E-state index contributed by atoms with van der Waals surface area (Å²) in [6, 6.07) is 152. The van der Waals surface area contributed by atoms with Crippen LogP contribution < -0.4 is 14.5 Å². The van der Waals surface area contributed by atoms with Gasteiger partial charge in [0.1, 0.15) is 5.75 Å². The lowest BCUT2D eigenvalue weighted by Crippen LogP contribution is -2.16. The van der Waals surface area contributed by atoms with Gasteiger partial charge in [-0.25, -0.2) is 0 Å². The van der Waals surface area contributed by atoms with E-state index < -0.39 is 0 Å². The number of anilines is 6. The van der Waals surface area contributed by atoms with Crippen molar-refractivity contribution < 1.29 is 14.4 Å². The summed E-state index contributed by atoms with van der Waals surface area (Å²) in [7, 11) is 0.704. The van der Waals surface area contributed by atoms with Gasteiger partial charge in [0, 0.05) is 95.6 Å². The molecule has 1 aliphatic heterocycles. The summed E-state index contributed by atoms with van der Waals surface area (Å²) < 4.78 is 15.9. The summed E-state index contributed by atoms with van der Waals surface area (Å²) in [5.41, 5.74) is 38.4. The quantitative estimate of drug-likeness (QED) is 0.0921. The maximum absolute atomic E-state index is 9.03. The summed E-state index contributed by atoms with van der Waals surface area (Å²) in [4.78, 5) is 4.66. The molecule has 641 valence electrons. The van der Waals surface area contributed by atoms with Gasteiger partial charge in [-0.3, -0.25) is 0 Å². The van der Waals surface area contributed by atoms with E-state index in [4.69, 9.17) is 14.4 Å². The van der Waals surface area contributed by atoms with Gasteiger partial charge < -0.3 is 33.3 Å². The third kappa shape index (κ3) is 16.9. The molecule has 23 rings (SSSR count). The fourth-order valence-corrected chi connectivity index (χ4v) is 19.7. The lowest BCUT2D eigenvalue weighted by atomic mass is 9.82. The molecular formula is C123H101BBrN4O3. The maximum atomic E-state index is 9.03. The van der Waals surface area contributed by atoms with E-state index >= 15 is 0 Å². The Morgan fingerprint density at radius 3 is 0.947 bits per heavy atom. The summed E-state index contributed by atoms with van der Waals surface area (Å²) in [6.45, 7) is 19.1. The van der Waals surface area contributed by atoms with Crippen molar-refractivity contribution in [2.24, 2.45) is 0 Å². The molecule has 0 atom stereocenters. The molecule has 132 heavy (non-hydrogen) atoms. The predicted molar refractivity (Wildman–Crippen MR) is 563 cm³/mol. The van der Waals surface area contributed by atoms with Crippen LogP contribution in [0.2, 0.25) is 0 Å². The molecule has 1 fully saturated rings. The van der Waals surface area contributed by atoms with Gasteiger partial charge in [0.15, 0.2) is 0 Å². The number of hydrogen-bond donors (Lipinski definition) is 1. The second-order valence-electron chi connectivity index (χ2n) is 34.7. The summed E-state index contributed by atoms with van der Waals surface area (Å²) in [5, 5.41) is 14.0. The highest BCUT2D eigenvalue weighted by atomic mass is 79.9. The number of nitrogens with zero attached hydrogens (tertiary/aromatic N) is 4. The molecule has 2 aliphatic carbocycles. The lowest BCUT2D eigenvalue weighted by Gasteiger charge is -2.28. The van der Waals surface area contributed by atoms with Gasteiger partial charge in [-0.05, 0) is 288 Å². The van der Waals surface area contributed by atoms with E-state index in [2.05, 4.69) is 470 Å². The number of halogens is 1. The zero-order valence-corrected chi connectivity index (χ0v) is 75.4. The average Bonchev–Trinajstić information content (AvgIpc) is 1.59. The Bertz CT molecular complexity index is 7550. The highest BCUT2D eigenvalue weighted by Crippen LogP contribution is 2.54. The zero-order valence-electron chi connectivity index (χ0n) is 73.8. The molecule has 3 heterocycles. The van der Waals surface area contributed by atoms with Crippen molar-refractivity contribution in [1.29, 1.82) is 0 Å². The van der Waals surface area contributed by atoms with Crippen LogP contribution in [-0.4, -0.2) is 35.1 Å². The fourth-order valence-electron chi connectivity index (χ4n) is 19.4. The normalized spacial score (nSPS) is 12.7. The van der Waals surface area contributed by atoms with Crippen molar-refractivity contribution in [3.05, 3.63) is 476 Å². The van der Waals surface area contributed by atoms with Crippen molar-refractivity contribution >= 4 is 114 Å². The van der Waals surface area contributed by atoms with Crippen molar-refractivity contribution in [2.45, 2.75) is 58.8 Å². The Hall–Kier alpha value is -15.1. The Morgan fingerprint density at radius 2 is 0.598 bits per heavy atom. The van der Waals surface area contributed by atoms with E-state index in [0.717, 1.165) is 68.6 Å². The van der Waals surface area contributed by atoms with E-state index in [1.165, 1.54) is 162 Å². The topological polar surface area (TPSA) is 55.0 Å². The fraction of sp³-hybridized carbons (Fsp3) is 0.0894. The largest absolute Gasteiger partial charge is 0.569 e. The van der Waals surface area contributed by atoms with Gasteiger partial charge >= 0.3 is 7.69 Å². The first kappa shape index (κ1) is 86.3. The molecule has 20 aromatic rings. The van der Waals surface area contributed by atoms with Gasteiger partial charge in [-0.15, -0.1) is 0 Å². The SMILES string of the molecule is C.C1CCOC1.C=Cc1ccc(-c2ccc3c(c2)c2cc(-c4ccc(N(c5ccc(-c6ccccc6)cc5)c5ccc6c(c5)C(C)(C)c5ccccc5-6)cc4)ccc2n3-c2ccccc2)cc1.C=Cc1ccc(-c2ccc3c(c2)c2cc(Br)ccc2n3-c2ccccc2)cc1.CC1(C)c2ccccc2-c2ccc(N(c3ccc(O[B]O)cc3)c3ccc(-c4ccccc4)cc3)cc21. The van der Waals surface area contributed by atoms with E-state index in [1.54, 1.807) is 0 Å². The van der Waals surface area contributed by atoms with Crippen LogP contribution in [-0.2, 0) is 15.6 Å². The number of rotatable bonds is 17. The third-order valence-corrected chi connectivity index (χ3v) is 26.7. The third-order valence-electron chi connectivity index (χ3n) is 26.2. The maximum Gasteiger partial charge on any atom is 0.569 e. The van der Waals surface area contributed by atoms with Crippen LogP contribution in [0.4, 0.5) is 34.1 Å². The van der Waals surface area contributed by atoms with Gasteiger partial charge in [0.25, 0.3) is 0 Å². The van der Waals surface area contributed by atoms with Crippen LogP contribution >= 0.6 is 15.9 Å². The van der Waals surface area contributed by atoms with E-state index in [-0.39, 0.29) is 18.3 Å². The summed E-state index contributed by atoms with van der Waals surface area (Å²) in [5.74, 6) is 0.580. The molecule has 1 saturated heterocycles. The molecule has 7 nitrogen and oxygen atoms in total. The molecule has 0 spiro atoms. The second kappa shape index (κ2) is 37.5. The zero-order chi connectivity index (χ0) is 89.1. The molecule has 1 N–H and O–H groups in total. The van der Waals surface area contributed by atoms with Crippen LogP contribution in [0.15, 0.2) is 442 Å². The molecule has 0 bridgehead atoms. The number of hydrogen-bond acceptors (Lipinski definition) is 5. The second-order valence-corrected chi connectivity index (χ2v) is 35.6. The Labute approximate surface area is 783 Å². The van der Waals surface area contributed by atoms with Crippen molar-refractivity contribution in [3.63, 3.8) is 0 Å². The molecule has 0 saturated carbocycles. The number of fused-ring (bicyclic) bond motifs is 12. The van der Waals surface area contributed by atoms with Gasteiger partial charge in [-0.1, -0.05) is 337 Å². The van der Waals surface area contributed by atoms with Crippen LogP contribution in [0.25, 0.3) is 145 Å². The number of para-hydroxylation sites is 2. The standard InChI is InChI=1S/C59H44N2.C33H27BNO2.C26H18BrN.C4H8O.CH4/c1-4-40-19-21-43(22-20-40)45-27-35-57-53(37-45)54-38-46(28-36-58(54)61(57)47-15-9-6-10-16-47)44-25-31-49(32-26-44)60(48-29-23-42(24-30-48)41-13-7-5-8-14-41)50-33-34-52-51-17-11-12-18-55(51)59(2,3)56(52)39-50;1-33(2)31-11-7-6-10-29(31)30-21-18-27(22-32(30)33)35(26-16-19-28(20-17-26)37-34-36)25-14-12-24(13-15-25)23-8-4-3-5-9-23;1-2-18-8-10-19(11-9-18)20-12-14-25-23(16-20)24-17-21(27)13-15-26(24)28(25)22-6-4-3-5-7-22;1-2-4-5-3-1;/h4-39H,1H2,2-3H3;3-22,36H,1-2H3;2-17H,1H2;1-4H2;1H4. The minimum atomic E-state index is -0.103. The van der Waals surface area contributed by atoms with Gasteiger partial charge in [0.2, 0.25) is 0 Å². The molecule has 1 radical (unpaired) electrons. The Balaban J connectivity index is 0.000000134. The number of aromatic nitrogens is 2. The van der Waals surface area contributed by atoms with E-state index in [9.17, 15) is 0 Å². The first-order valence-corrected chi connectivity index (χ1v) is 45.7. The van der Waals surface area contributed by atoms with Crippen LogP contribution in [0.3, 0.4) is 0 Å². The molecule has 2 aromatic heterocycles. The summed E-state index contributed by atoms with van der Waals surface area (Å²) in [6.07, 6.45) is 6.32. The Kier molecular flexibility index (Phi) is 24.5. The van der Waals surface area contributed by atoms with Crippen LogP contribution in [0, 0.1) is 0 Å². The predicted octanol–water partition coefficient (Wildman–Crippen LogP) is 33.5. The van der Waals surface area contributed by atoms with Crippen molar-refractivity contribution in [1.82, 2.24) is 9.13 Å². The minimum Gasteiger partial charge on any atom is -0.537 e. The van der Waals surface area contributed by atoms with Gasteiger partial charge in [-0.2, -0.15) is 0 Å². The van der Waals surface area contributed by atoms with E-state index in [0.29, 0.717) is 13.4 Å². The molecule has 9 heteroatoms. The van der Waals surface area contributed by atoms with E-state index in [1.807, 2.05) is 42.5 Å². The van der Waals surface area contributed by atoms with Gasteiger partial charge in [0.05, 0.1) is 22.1 Å². The first-order valence-electron chi connectivity index (χ1n) is 44.9. The summed E-state index contributed by atoms with van der Waals surface area (Å²) >= 11 is 3.64. The molecular weight excluding hydrogens is 1670 g/mol. The highest BCUT2D eigenvalue weighted by Gasteiger charge is 2.38. The lowest BCUT2D eigenvalue weighted by molar-refractivity contribution is 0.198. The molecule has 0 unspecified atom stereocenters. The first-order chi connectivity index (χ1) is 64.2. The smallest absolute Gasteiger partial charge is 0.537 e. The average molecular weight is 1770 g/mol. The molecule has 0 amide bonds. The number of ether oxygens (including phenoxy) is 1.